The van der Waals surface area contributed by atoms with Gasteiger partial charge in [-0.05, 0) is 0 Å². The Hall–Kier alpha value is -2.17. The average Bonchev–Trinajstić information content (AvgIpc) is 2.37. The van der Waals surface area contributed by atoms with Crippen LogP contribution >= 0.6 is 0 Å². The van der Waals surface area contributed by atoms with Gasteiger partial charge in [-0.15, -0.1) is 5.10 Å². The second kappa shape index (κ2) is 5.00. The Morgan fingerprint density at radius 3 is 2.89 bits per heavy atom. The smallest absolute Gasteiger partial charge is 0.158 e. The summed E-state index contributed by atoms with van der Waals surface area (Å²) in [6, 6.07) is 7.99. The molecular formula is C13H17N5. The lowest BCUT2D eigenvalue weighted by atomic mass is 10.1. The van der Waals surface area contributed by atoms with E-state index in [1.807, 2.05) is 43.1 Å². The van der Waals surface area contributed by atoms with Gasteiger partial charge in [0.25, 0.3) is 0 Å². The van der Waals surface area contributed by atoms with Gasteiger partial charge >= 0.3 is 0 Å². The molecule has 5 heteroatoms. The Balaban J connectivity index is 2.33. The second-order valence-corrected chi connectivity index (χ2v) is 4.49. The number of amidine groups is 1. The lowest BCUT2D eigenvalue weighted by molar-refractivity contribution is 0.720. The molecule has 94 valence electrons. The van der Waals surface area contributed by atoms with Crippen molar-refractivity contribution in [2.45, 2.75) is 6.92 Å². The van der Waals surface area contributed by atoms with Gasteiger partial charge in [0.15, 0.2) is 5.82 Å². The molecule has 0 bridgehead atoms. The van der Waals surface area contributed by atoms with Crippen molar-refractivity contribution in [3.05, 3.63) is 30.5 Å². The SMILES string of the molecule is CC(CN(C)c1nncc2ccccc12)C(=N)N. The molecule has 0 radical (unpaired) electrons. The van der Waals surface area contributed by atoms with Gasteiger partial charge in [-0.25, -0.2) is 0 Å². The van der Waals surface area contributed by atoms with Crippen LogP contribution in [0.4, 0.5) is 5.82 Å². The first-order valence-corrected chi connectivity index (χ1v) is 5.85. The molecule has 1 atom stereocenters. The first-order valence-electron chi connectivity index (χ1n) is 5.85. The lowest BCUT2D eigenvalue weighted by Gasteiger charge is -2.22. The molecule has 1 heterocycles. The number of fused-ring (bicyclic) bond motifs is 1. The standard InChI is InChI=1S/C13H17N5/c1-9(12(14)15)8-18(2)13-11-6-4-3-5-10(11)7-16-17-13/h3-7,9H,8H2,1-2H3,(H3,14,15). The molecule has 0 aliphatic heterocycles. The number of benzene rings is 1. The lowest BCUT2D eigenvalue weighted by Crippen LogP contribution is -2.32. The van der Waals surface area contributed by atoms with Gasteiger partial charge in [0.05, 0.1) is 12.0 Å². The fourth-order valence-electron chi connectivity index (χ4n) is 1.89. The third kappa shape index (κ3) is 2.40. The molecule has 0 saturated carbocycles. The van der Waals surface area contributed by atoms with E-state index in [2.05, 4.69) is 10.2 Å². The molecule has 1 unspecified atom stereocenters. The normalized spacial score (nSPS) is 12.3. The van der Waals surface area contributed by atoms with Gasteiger partial charge in [-0.1, -0.05) is 31.2 Å². The summed E-state index contributed by atoms with van der Waals surface area (Å²) in [7, 11) is 1.94. The minimum atomic E-state index is -0.00392. The first kappa shape index (κ1) is 12.3. The van der Waals surface area contributed by atoms with Gasteiger partial charge in [0.1, 0.15) is 0 Å². The van der Waals surface area contributed by atoms with Crippen molar-refractivity contribution in [1.82, 2.24) is 10.2 Å². The van der Waals surface area contributed by atoms with Crippen molar-refractivity contribution >= 4 is 22.4 Å². The Kier molecular flexibility index (Phi) is 3.41. The number of anilines is 1. The highest BCUT2D eigenvalue weighted by Crippen LogP contribution is 2.22. The summed E-state index contributed by atoms with van der Waals surface area (Å²) in [5.41, 5.74) is 5.50. The monoisotopic (exact) mass is 243 g/mol. The Bertz CT molecular complexity index is 561. The van der Waals surface area contributed by atoms with Crippen molar-refractivity contribution in [3.63, 3.8) is 0 Å². The minimum Gasteiger partial charge on any atom is -0.387 e. The molecule has 0 aliphatic carbocycles. The summed E-state index contributed by atoms with van der Waals surface area (Å²) in [5.74, 6) is 1.01. The molecule has 0 amide bonds. The highest BCUT2D eigenvalue weighted by Gasteiger charge is 2.13. The van der Waals surface area contributed by atoms with Crippen LogP contribution in [0.1, 0.15) is 6.92 Å². The zero-order valence-corrected chi connectivity index (χ0v) is 10.6. The Morgan fingerprint density at radius 2 is 2.17 bits per heavy atom. The van der Waals surface area contributed by atoms with Crippen LogP contribution in [-0.4, -0.2) is 29.6 Å². The summed E-state index contributed by atoms with van der Waals surface area (Å²) < 4.78 is 0. The molecule has 5 nitrogen and oxygen atoms in total. The van der Waals surface area contributed by atoms with Gasteiger partial charge in [0, 0.05) is 30.3 Å². The van der Waals surface area contributed by atoms with Crippen LogP contribution in [0.25, 0.3) is 10.8 Å². The van der Waals surface area contributed by atoms with Crippen LogP contribution in [0.2, 0.25) is 0 Å². The van der Waals surface area contributed by atoms with Crippen LogP contribution in [0.15, 0.2) is 30.5 Å². The van der Waals surface area contributed by atoms with Crippen LogP contribution < -0.4 is 10.6 Å². The zero-order chi connectivity index (χ0) is 13.1. The molecule has 3 N–H and O–H groups in total. The van der Waals surface area contributed by atoms with Gasteiger partial charge in [-0.2, -0.15) is 5.10 Å². The van der Waals surface area contributed by atoms with E-state index in [1.54, 1.807) is 6.20 Å². The number of nitrogens with zero attached hydrogens (tertiary/aromatic N) is 3. The van der Waals surface area contributed by atoms with E-state index in [1.165, 1.54) is 0 Å². The van der Waals surface area contributed by atoms with Crippen molar-refractivity contribution in [3.8, 4) is 0 Å². The van der Waals surface area contributed by atoms with Crippen molar-refractivity contribution < 1.29 is 0 Å². The topological polar surface area (TPSA) is 78.9 Å². The van der Waals surface area contributed by atoms with E-state index in [4.69, 9.17) is 11.1 Å². The third-order valence-corrected chi connectivity index (χ3v) is 2.99. The van der Waals surface area contributed by atoms with E-state index < -0.39 is 0 Å². The van der Waals surface area contributed by atoms with Crippen molar-refractivity contribution in [1.29, 1.82) is 5.41 Å². The molecule has 1 aromatic carbocycles. The maximum atomic E-state index is 7.43. The van der Waals surface area contributed by atoms with E-state index in [9.17, 15) is 0 Å². The number of aromatic nitrogens is 2. The first-order chi connectivity index (χ1) is 8.59. The van der Waals surface area contributed by atoms with Crippen LogP contribution in [0.3, 0.4) is 0 Å². The summed E-state index contributed by atoms with van der Waals surface area (Å²) in [4.78, 5) is 1.99. The molecule has 2 aromatic rings. The number of nitrogens with two attached hydrogens (primary N) is 1. The van der Waals surface area contributed by atoms with Gasteiger partial charge in [-0.3, -0.25) is 5.41 Å². The maximum absolute atomic E-state index is 7.43. The molecular weight excluding hydrogens is 226 g/mol. The molecule has 1 aromatic heterocycles. The summed E-state index contributed by atoms with van der Waals surface area (Å²) in [6.45, 7) is 2.58. The Morgan fingerprint density at radius 1 is 1.44 bits per heavy atom. The van der Waals surface area contributed by atoms with E-state index in [-0.39, 0.29) is 11.8 Å². The maximum Gasteiger partial charge on any atom is 0.158 e. The van der Waals surface area contributed by atoms with Crippen LogP contribution in [0.5, 0.6) is 0 Å². The van der Waals surface area contributed by atoms with Gasteiger partial charge < -0.3 is 10.6 Å². The fourth-order valence-corrected chi connectivity index (χ4v) is 1.89. The highest BCUT2D eigenvalue weighted by atomic mass is 15.2. The largest absolute Gasteiger partial charge is 0.387 e. The molecule has 0 aliphatic rings. The predicted molar refractivity (Wildman–Crippen MR) is 73.9 cm³/mol. The number of rotatable bonds is 4. The van der Waals surface area contributed by atoms with E-state index >= 15 is 0 Å². The molecule has 18 heavy (non-hydrogen) atoms. The third-order valence-electron chi connectivity index (χ3n) is 2.99. The van der Waals surface area contributed by atoms with Crippen LogP contribution in [0, 0.1) is 11.3 Å². The molecule has 0 spiro atoms. The molecule has 0 saturated heterocycles. The molecule has 0 fully saturated rings. The number of nitrogens with one attached hydrogen (secondary N) is 1. The summed E-state index contributed by atoms with van der Waals surface area (Å²) in [6.07, 6.45) is 1.75. The summed E-state index contributed by atoms with van der Waals surface area (Å²) in [5, 5.41) is 17.7. The number of hydrogen-bond donors (Lipinski definition) is 2. The van der Waals surface area contributed by atoms with Crippen LogP contribution in [-0.2, 0) is 0 Å². The second-order valence-electron chi connectivity index (χ2n) is 4.49. The average molecular weight is 243 g/mol. The Labute approximate surface area is 106 Å². The van der Waals surface area contributed by atoms with Gasteiger partial charge in [0.2, 0.25) is 0 Å². The highest BCUT2D eigenvalue weighted by molar-refractivity contribution is 5.91. The number of hydrogen-bond acceptors (Lipinski definition) is 4. The molecule has 2 rings (SSSR count). The zero-order valence-electron chi connectivity index (χ0n) is 10.6. The summed E-state index contributed by atoms with van der Waals surface area (Å²) >= 11 is 0. The minimum absolute atomic E-state index is 0.00392. The van der Waals surface area contributed by atoms with Crippen molar-refractivity contribution in [2.24, 2.45) is 11.7 Å². The van der Waals surface area contributed by atoms with Crippen molar-refractivity contribution in [2.75, 3.05) is 18.5 Å². The van der Waals surface area contributed by atoms with E-state index in [0.717, 1.165) is 16.6 Å². The fraction of sp³-hybridized carbons (Fsp3) is 0.308. The van der Waals surface area contributed by atoms with E-state index in [0.29, 0.717) is 6.54 Å². The quantitative estimate of drug-likeness (QED) is 0.632. The predicted octanol–water partition coefficient (Wildman–Crippen LogP) is 1.64.